The summed E-state index contributed by atoms with van der Waals surface area (Å²) >= 11 is 3.42. The average Bonchev–Trinajstić information content (AvgIpc) is 2.20. The zero-order valence-corrected chi connectivity index (χ0v) is 11.8. The maximum Gasteiger partial charge on any atom is 0.238 e. The molecule has 0 heterocycles. The van der Waals surface area contributed by atoms with Crippen molar-refractivity contribution in [3.63, 3.8) is 0 Å². The SMILES string of the molecule is CC(C)(C)c1ccc(NC(=O)CC#N)c(Br)c1. The Bertz CT molecular complexity index is 469. The van der Waals surface area contributed by atoms with E-state index in [0.717, 1.165) is 4.47 Å². The second-order valence-electron chi connectivity index (χ2n) is 4.83. The predicted octanol–water partition coefficient (Wildman–Crippen LogP) is 3.60. The van der Waals surface area contributed by atoms with Crippen molar-refractivity contribution in [1.29, 1.82) is 5.26 Å². The summed E-state index contributed by atoms with van der Waals surface area (Å²) in [6, 6.07) is 7.63. The lowest BCUT2D eigenvalue weighted by Crippen LogP contribution is -2.13. The van der Waals surface area contributed by atoms with Gasteiger partial charge in [0.1, 0.15) is 6.42 Å². The number of nitriles is 1. The number of nitrogens with zero attached hydrogens (tertiary/aromatic N) is 1. The minimum Gasteiger partial charge on any atom is -0.324 e. The minimum atomic E-state index is -0.295. The van der Waals surface area contributed by atoms with Gasteiger partial charge in [0.2, 0.25) is 5.91 Å². The standard InChI is InChI=1S/C13H15BrN2O/c1-13(2,3)9-4-5-11(10(14)8-9)16-12(17)6-7-15/h4-5,8H,6H2,1-3H3,(H,16,17). The fraction of sp³-hybridized carbons (Fsp3) is 0.385. The van der Waals surface area contributed by atoms with Gasteiger partial charge in [-0.25, -0.2) is 0 Å². The first-order valence-electron chi connectivity index (χ1n) is 5.31. The number of halogens is 1. The minimum absolute atomic E-state index is 0.0672. The zero-order chi connectivity index (χ0) is 13.1. The number of nitrogens with one attached hydrogen (secondary N) is 1. The lowest BCUT2D eigenvalue weighted by Gasteiger charge is -2.20. The Morgan fingerprint density at radius 3 is 2.59 bits per heavy atom. The molecule has 0 aliphatic rings. The predicted molar refractivity (Wildman–Crippen MR) is 71.7 cm³/mol. The molecule has 1 N–H and O–H groups in total. The van der Waals surface area contributed by atoms with Crippen LogP contribution in [0.25, 0.3) is 0 Å². The molecule has 17 heavy (non-hydrogen) atoms. The molecule has 0 spiro atoms. The molecular weight excluding hydrogens is 280 g/mol. The summed E-state index contributed by atoms with van der Waals surface area (Å²) in [6.07, 6.45) is -0.131. The molecule has 0 aliphatic heterocycles. The molecule has 0 saturated carbocycles. The summed E-state index contributed by atoms with van der Waals surface area (Å²) in [5.74, 6) is -0.295. The van der Waals surface area contributed by atoms with Crippen LogP contribution in [0, 0.1) is 11.3 Å². The van der Waals surface area contributed by atoms with Crippen LogP contribution >= 0.6 is 15.9 Å². The molecule has 1 amide bonds. The highest BCUT2D eigenvalue weighted by Crippen LogP contribution is 2.30. The van der Waals surface area contributed by atoms with Gasteiger partial charge in [-0.1, -0.05) is 26.8 Å². The van der Waals surface area contributed by atoms with Crippen LogP contribution in [0.1, 0.15) is 32.8 Å². The fourth-order valence-electron chi connectivity index (χ4n) is 1.35. The van der Waals surface area contributed by atoms with Crippen LogP contribution in [0.5, 0.6) is 0 Å². The van der Waals surface area contributed by atoms with E-state index in [-0.39, 0.29) is 17.7 Å². The van der Waals surface area contributed by atoms with Crippen LogP contribution in [0.3, 0.4) is 0 Å². The monoisotopic (exact) mass is 294 g/mol. The Kier molecular flexibility index (Phi) is 4.30. The van der Waals surface area contributed by atoms with Crippen LogP contribution in [-0.4, -0.2) is 5.91 Å². The van der Waals surface area contributed by atoms with Gasteiger partial charge in [0.05, 0.1) is 11.8 Å². The highest BCUT2D eigenvalue weighted by Gasteiger charge is 2.15. The van der Waals surface area contributed by atoms with Gasteiger partial charge in [-0.2, -0.15) is 5.26 Å². The third kappa shape index (κ3) is 3.86. The number of carbonyl (C=O) groups excluding carboxylic acids is 1. The molecular formula is C13H15BrN2O. The van der Waals surface area contributed by atoms with Crippen LogP contribution in [-0.2, 0) is 10.2 Å². The molecule has 0 fully saturated rings. The Morgan fingerprint density at radius 1 is 1.47 bits per heavy atom. The van der Waals surface area contributed by atoms with Crippen molar-refractivity contribution in [1.82, 2.24) is 0 Å². The second kappa shape index (κ2) is 5.33. The van der Waals surface area contributed by atoms with Gasteiger partial charge in [-0.3, -0.25) is 4.79 Å². The van der Waals surface area contributed by atoms with E-state index in [9.17, 15) is 4.79 Å². The second-order valence-corrected chi connectivity index (χ2v) is 5.68. The molecule has 1 rings (SSSR count). The molecule has 1 aromatic carbocycles. The zero-order valence-electron chi connectivity index (χ0n) is 10.2. The van der Waals surface area contributed by atoms with Crippen LogP contribution in [0.4, 0.5) is 5.69 Å². The highest BCUT2D eigenvalue weighted by atomic mass is 79.9. The normalized spacial score (nSPS) is 10.8. The Morgan fingerprint density at radius 2 is 2.12 bits per heavy atom. The number of amides is 1. The third-order valence-corrected chi connectivity index (χ3v) is 3.00. The Labute approximate surface area is 110 Å². The van der Waals surface area contributed by atoms with Crippen molar-refractivity contribution >= 4 is 27.5 Å². The Balaban J connectivity index is 2.92. The first-order valence-corrected chi connectivity index (χ1v) is 6.10. The van der Waals surface area contributed by atoms with Crippen molar-refractivity contribution < 1.29 is 4.79 Å². The summed E-state index contributed by atoms with van der Waals surface area (Å²) in [5.41, 5.74) is 1.94. The first-order chi connectivity index (χ1) is 7.84. The fourth-order valence-corrected chi connectivity index (χ4v) is 1.83. The van der Waals surface area contributed by atoms with Crippen molar-refractivity contribution in [3.8, 4) is 6.07 Å². The smallest absolute Gasteiger partial charge is 0.238 e. The van der Waals surface area contributed by atoms with Gasteiger partial charge < -0.3 is 5.32 Å². The van der Waals surface area contributed by atoms with Gasteiger partial charge in [-0.15, -0.1) is 0 Å². The molecule has 0 atom stereocenters. The van der Waals surface area contributed by atoms with E-state index < -0.39 is 0 Å². The molecule has 0 aliphatic carbocycles. The molecule has 0 radical (unpaired) electrons. The number of hydrogen-bond donors (Lipinski definition) is 1. The Hall–Kier alpha value is -1.34. The molecule has 0 unspecified atom stereocenters. The van der Waals surface area contributed by atoms with E-state index in [4.69, 9.17) is 5.26 Å². The highest BCUT2D eigenvalue weighted by molar-refractivity contribution is 9.10. The van der Waals surface area contributed by atoms with Crippen molar-refractivity contribution in [3.05, 3.63) is 28.2 Å². The van der Waals surface area contributed by atoms with Crippen molar-refractivity contribution in [2.24, 2.45) is 0 Å². The van der Waals surface area contributed by atoms with Gasteiger partial charge in [0, 0.05) is 4.47 Å². The molecule has 90 valence electrons. The molecule has 0 aromatic heterocycles. The van der Waals surface area contributed by atoms with E-state index in [1.54, 1.807) is 0 Å². The van der Waals surface area contributed by atoms with Crippen LogP contribution in [0.15, 0.2) is 22.7 Å². The topological polar surface area (TPSA) is 52.9 Å². The molecule has 0 bridgehead atoms. The van der Waals surface area contributed by atoms with Gasteiger partial charge in [-0.05, 0) is 39.0 Å². The van der Waals surface area contributed by atoms with Gasteiger partial charge in [0.25, 0.3) is 0 Å². The van der Waals surface area contributed by atoms with Gasteiger partial charge >= 0.3 is 0 Å². The van der Waals surface area contributed by atoms with E-state index >= 15 is 0 Å². The number of rotatable bonds is 2. The van der Waals surface area contributed by atoms with Crippen molar-refractivity contribution in [2.75, 3.05) is 5.32 Å². The van der Waals surface area contributed by atoms with Crippen molar-refractivity contribution in [2.45, 2.75) is 32.6 Å². The summed E-state index contributed by atoms with van der Waals surface area (Å²) in [5, 5.41) is 11.1. The maximum atomic E-state index is 11.3. The first kappa shape index (κ1) is 13.7. The van der Waals surface area contributed by atoms with E-state index in [0.29, 0.717) is 5.69 Å². The molecule has 1 aromatic rings. The molecule has 4 heteroatoms. The summed E-state index contributed by atoms with van der Waals surface area (Å²) in [4.78, 5) is 11.3. The number of hydrogen-bond acceptors (Lipinski definition) is 2. The third-order valence-electron chi connectivity index (χ3n) is 2.35. The number of benzene rings is 1. The summed E-state index contributed by atoms with van der Waals surface area (Å²) in [6.45, 7) is 6.38. The van der Waals surface area contributed by atoms with E-state index in [2.05, 4.69) is 42.0 Å². The summed E-state index contributed by atoms with van der Waals surface area (Å²) < 4.78 is 0.830. The van der Waals surface area contributed by atoms with Crippen LogP contribution < -0.4 is 5.32 Å². The number of anilines is 1. The lowest BCUT2D eigenvalue weighted by molar-refractivity contribution is -0.115. The van der Waals surface area contributed by atoms with E-state index in [1.165, 1.54) is 5.56 Å². The van der Waals surface area contributed by atoms with Gasteiger partial charge in [0.15, 0.2) is 0 Å². The van der Waals surface area contributed by atoms with Crippen LogP contribution in [0.2, 0.25) is 0 Å². The molecule has 3 nitrogen and oxygen atoms in total. The summed E-state index contributed by atoms with van der Waals surface area (Å²) in [7, 11) is 0. The quantitative estimate of drug-likeness (QED) is 0.906. The largest absolute Gasteiger partial charge is 0.324 e. The molecule has 0 saturated heterocycles. The maximum absolute atomic E-state index is 11.3. The lowest BCUT2D eigenvalue weighted by atomic mass is 9.87. The van der Waals surface area contributed by atoms with E-state index in [1.807, 2.05) is 24.3 Å². The average molecular weight is 295 g/mol. The number of carbonyl (C=O) groups is 1.